The number of hydrogen-bond donors (Lipinski definition) is 1. The summed E-state index contributed by atoms with van der Waals surface area (Å²) in [5.74, 6) is 8.06. The molecule has 2 aromatic heterocycles. The summed E-state index contributed by atoms with van der Waals surface area (Å²) in [6.45, 7) is 0. The van der Waals surface area contributed by atoms with Crippen molar-refractivity contribution >= 4 is 46.3 Å². The Hall–Kier alpha value is -2.26. The molecule has 2 aromatic carbocycles. The molecule has 2 N–H and O–H groups in total. The van der Waals surface area contributed by atoms with Crippen LogP contribution in [-0.2, 0) is 5.75 Å². The van der Waals surface area contributed by atoms with E-state index in [9.17, 15) is 0 Å². The Kier molecular flexibility index (Phi) is 5.96. The number of nitrogens with two attached hydrogens (primary N) is 1. The monoisotopic (exact) mass is 463 g/mol. The van der Waals surface area contributed by atoms with Gasteiger partial charge in [0.2, 0.25) is 5.16 Å². The molecule has 0 aliphatic heterocycles. The molecule has 0 amide bonds. The summed E-state index contributed by atoms with van der Waals surface area (Å²) in [6.07, 6.45) is 0. The van der Waals surface area contributed by atoms with Crippen molar-refractivity contribution in [3.63, 3.8) is 0 Å². The zero-order chi connectivity index (χ0) is 20.4. The lowest BCUT2D eigenvalue weighted by atomic mass is 10.2. The smallest absolute Gasteiger partial charge is 0.210 e. The molecule has 4 rings (SSSR count). The van der Waals surface area contributed by atoms with E-state index >= 15 is 0 Å². The Bertz CT molecular complexity index is 1160. The lowest BCUT2D eigenvalue weighted by molar-refractivity contribution is 0.416. The molecule has 0 saturated heterocycles. The fraction of sp³-hybridized carbons (Fsp3) is 0.105. The number of nitrogens with zero attached hydrogens (tertiary/aromatic N) is 4. The van der Waals surface area contributed by atoms with Gasteiger partial charge < -0.3 is 10.6 Å². The van der Waals surface area contributed by atoms with Gasteiger partial charge in [-0.25, -0.2) is 9.66 Å². The average molecular weight is 464 g/mol. The van der Waals surface area contributed by atoms with Crippen LogP contribution in [0.4, 0.5) is 0 Å². The summed E-state index contributed by atoms with van der Waals surface area (Å²) >= 11 is 15.2. The second-order valence-electron chi connectivity index (χ2n) is 5.93. The first-order chi connectivity index (χ1) is 14.1. The van der Waals surface area contributed by atoms with Gasteiger partial charge in [-0.15, -0.1) is 21.5 Å². The minimum Gasteiger partial charge on any atom is -0.496 e. The third-order valence-corrected chi connectivity index (χ3v) is 6.52. The van der Waals surface area contributed by atoms with Crippen molar-refractivity contribution < 1.29 is 4.74 Å². The van der Waals surface area contributed by atoms with E-state index in [0.29, 0.717) is 32.3 Å². The average Bonchev–Trinajstić information content (AvgIpc) is 3.33. The van der Waals surface area contributed by atoms with Crippen LogP contribution in [0.5, 0.6) is 5.75 Å². The Labute approximate surface area is 185 Å². The van der Waals surface area contributed by atoms with Crippen molar-refractivity contribution in [2.24, 2.45) is 0 Å². The highest BCUT2D eigenvalue weighted by Crippen LogP contribution is 2.34. The first-order valence-corrected chi connectivity index (χ1v) is 11.1. The van der Waals surface area contributed by atoms with Crippen LogP contribution in [0, 0.1) is 0 Å². The Morgan fingerprint density at radius 3 is 2.76 bits per heavy atom. The number of thiazole rings is 1. The van der Waals surface area contributed by atoms with Gasteiger partial charge in [0.1, 0.15) is 10.8 Å². The molecule has 0 radical (unpaired) electrons. The largest absolute Gasteiger partial charge is 0.496 e. The van der Waals surface area contributed by atoms with Crippen LogP contribution in [0.1, 0.15) is 5.69 Å². The van der Waals surface area contributed by atoms with E-state index in [2.05, 4.69) is 10.2 Å². The number of ether oxygens (including phenoxy) is 1. The van der Waals surface area contributed by atoms with E-state index in [1.165, 1.54) is 16.4 Å². The molecule has 2 heterocycles. The van der Waals surface area contributed by atoms with Gasteiger partial charge in [0.05, 0.1) is 23.4 Å². The Morgan fingerprint density at radius 1 is 1.14 bits per heavy atom. The van der Waals surface area contributed by atoms with Gasteiger partial charge in [-0.3, -0.25) is 0 Å². The fourth-order valence-electron chi connectivity index (χ4n) is 2.69. The lowest BCUT2D eigenvalue weighted by Gasteiger charge is -2.05. The van der Waals surface area contributed by atoms with Crippen molar-refractivity contribution in [2.75, 3.05) is 13.0 Å². The molecule has 29 heavy (non-hydrogen) atoms. The van der Waals surface area contributed by atoms with E-state index < -0.39 is 0 Å². The predicted octanol–water partition coefficient (Wildman–Crippen LogP) is 5.39. The Balaban J connectivity index is 1.51. The van der Waals surface area contributed by atoms with Crippen LogP contribution in [0.15, 0.2) is 53.0 Å². The fourth-order valence-corrected chi connectivity index (χ4v) is 4.88. The minimum atomic E-state index is 0.467. The van der Waals surface area contributed by atoms with Crippen LogP contribution >= 0.6 is 46.3 Å². The van der Waals surface area contributed by atoms with Crippen molar-refractivity contribution in [3.05, 3.63) is 63.6 Å². The lowest BCUT2D eigenvalue weighted by Crippen LogP contribution is -2.11. The van der Waals surface area contributed by atoms with Gasteiger partial charge in [-0.1, -0.05) is 47.1 Å². The van der Waals surface area contributed by atoms with E-state index in [1.54, 1.807) is 36.6 Å². The summed E-state index contributed by atoms with van der Waals surface area (Å²) in [6, 6.07) is 13.0. The molecule has 0 saturated carbocycles. The molecule has 0 spiro atoms. The molecule has 0 aliphatic carbocycles. The SMILES string of the molecule is COc1ccccc1-c1nc(CSc2nnc(-c3ccc(Cl)cc3Cl)n2N)cs1. The van der Waals surface area contributed by atoms with Gasteiger partial charge in [-0.2, -0.15) is 0 Å². The second-order valence-corrected chi connectivity index (χ2v) is 8.58. The summed E-state index contributed by atoms with van der Waals surface area (Å²) in [7, 11) is 1.65. The molecule has 0 fully saturated rings. The first kappa shape index (κ1) is 20.0. The molecule has 0 bridgehead atoms. The van der Waals surface area contributed by atoms with Crippen LogP contribution in [-0.4, -0.2) is 27.0 Å². The van der Waals surface area contributed by atoms with Gasteiger partial charge in [0, 0.05) is 21.7 Å². The van der Waals surface area contributed by atoms with Crippen LogP contribution < -0.4 is 10.6 Å². The maximum absolute atomic E-state index is 6.26. The predicted molar refractivity (Wildman–Crippen MR) is 119 cm³/mol. The highest BCUT2D eigenvalue weighted by Gasteiger charge is 2.16. The normalized spacial score (nSPS) is 11.0. The zero-order valence-corrected chi connectivity index (χ0v) is 18.3. The number of benzene rings is 2. The molecule has 148 valence electrons. The van der Waals surface area contributed by atoms with Crippen LogP contribution in [0.2, 0.25) is 10.0 Å². The molecular formula is C19H15Cl2N5OS2. The van der Waals surface area contributed by atoms with E-state index in [4.69, 9.17) is 38.8 Å². The standard InChI is InChI=1S/C19H15Cl2N5OS2/c1-27-16-5-3-2-4-14(16)18-23-12(9-28-18)10-29-19-25-24-17(26(19)22)13-7-6-11(20)8-15(13)21/h2-9H,10,22H2,1H3. The number of halogens is 2. The molecule has 0 atom stereocenters. The molecule has 4 aromatic rings. The summed E-state index contributed by atoms with van der Waals surface area (Å²) in [5.41, 5.74) is 2.57. The van der Waals surface area contributed by atoms with Gasteiger partial charge in [0.25, 0.3) is 0 Å². The van der Waals surface area contributed by atoms with Crippen LogP contribution in [0.25, 0.3) is 22.0 Å². The third-order valence-electron chi connectivity index (χ3n) is 4.07. The van der Waals surface area contributed by atoms with Crippen molar-refractivity contribution in [3.8, 4) is 27.7 Å². The minimum absolute atomic E-state index is 0.467. The van der Waals surface area contributed by atoms with E-state index in [-0.39, 0.29) is 0 Å². The number of thioether (sulfide) groups is 1. The molecular weight excluding hydrogens is 449 g/mol. The third kappa shape index (κ3) is 4.20. The number of methoxy groups -OCH3 is 1. The van der Waals surface area contributed by atoms with Gasteiger partial charge >= 0.3 is 0 Å². The summed E-state index contributed by atoms with van der Waals surface area (Å²) in [4.78, 5) is 4.71. The van der Waals surface area contributed by atoms with Crippen molar-refractivity contribution in [2.45, 2.75) is 10.9 Å². The highest BCUT2D eigenvalue weighted by molar-refractivity contribution is 7.98. The van der Waals surface area contributed by atoms with Crippen LogP contribution in [0.3, 0.4) is 0 Å². The topological polar surface area (TPSA) is 78.9 Å². The maximum atomic E-state index is 6.26. The molecule has 10 heteroatoms. The number of hydrogen-bond acceptors (Lipinski definition) is 7. The number of nitrogen functional groups attached to an aromatic ring is 1. The quantitative estimate of drug-likeness (QED) is 0.305. The van der Waals surface area contributed by atoms with E-state index in [0.717, 1.165) is 22.0 Å². The summed E-state index contributed by atoms with van der Waals surface area (Å²) in [5, 5.41) is 12.8. The number of aromatic nitrogens is 4. The van der Waals surface area contributed by atoms with E-state index in [1.807, 2.05) is 29.6 Å². The number of para-hydroxylation sites is 1. The molecule has 0 aliphatic rings. The number of rotatable bonds is 6. The Morgan fingerprint density at radius 2 is 1.97 bits per heavy atom. The van der Waals surface area contributed by atoms with Crippen molar-refractivity contribution in [1.82, 2.24) is 19.9 Å². The van der Waals surface area contributed by atoms with Crippen molar-refractivity contribution in [1.29, 1.82) is 0 Å². The molecule has 6 nitrogen and oxygen atoms in total. The zero-order valence-electron chi connectivity index (χ0n) is 15.2. The first-order valence-electron chi connectivity index (χ1n) is 8.43. The maximum Gasteiger partial charge on any atom is 0.210 e. The second kappa shape index (κ2) is 8.62. The molecule has 0 unspecified atom stereocenters. The highest BCUT2D eigenvalue weighted by atomic mass is 35.5. The summed E-state index contributed by atoms with van der Waals surface area (Å²) < 4.78 is 6.84. The van der Waals surface area contributed by atoms with Gasteiger partial charge in [0.15, 0.2) is 5.82 Å². The van der Waals surface area contributed by atoms with Gasteiger partial charge in [-0.05, 0) is 30.3 Å².